The molecule has 0 aliphatic rings. The second-order valence-corrected chi connectivity index (χ2v) is 8.63. The lowest BCUT2D eigenvalue weighted by molar-refractivity contribution is 0.0994. The van der Waals surface area contributed by atoms with Gasteiger partial charge in [-0.25, -0.2) is 8.78 Å². The SMILES string of the molecule is Cc1cc(I)ccc1Nc1c(F)c(F)c(Br)c(OCC(C)N(C)C)c1C(N)=O. The highest BCUT2D eigenvalue weighted by Gasteiger charge is 2.28. The van der Waals surface area contributed by atoms with Crippen molar-refractivity contribution in [2.45, 2.75) is 19.9 Å². The summed E-state index contributed by atoms with van der Waals surface area (Å²) >= 11 is 5.14. The van der Waals surface area contributed by atoms with Crippen LogP contribution >= 0.6 is 38.5 Å². The molecule has 0 aromatic heterocycles. The lowest BCUT2D eigenvalue weighted by Crippen LogP contribution is -2.31. The third kappa shape index (κ3) is 4.93. The second-order valence-electron chi connectivity index (χ2n) is 6.59. The minimum absolute atomic E-state index is 0.0319. The van der Waals surface area contributed by atoms with Crippen molar-refractivity contribution < 1.29 is 18.3 Å². The summed E-state index contributed by atoms with van der Waals surface area (Å²) in [5.41, 5.74) is 6.22. The Morgan fingerprint density at radius 1 is 1.36 bits per heavy atom. The molecule has 0 saturated carbocycles. The van der Waals surface area contributed by atoms with Gasteiger partial charge in [0.2, 0.25) is 0 Å². The van der Waals surface area contributed by atoms with Gasteiger partial charge in [-0.3, -0.25) is 4.79 Å². The molecule has 0 heterocycles. The van der Waals surface area contributed by atoms with Crippen LogP contribution in [0.1, 0.15) is 22.8 Å². The molecule has 5 nitrogen and oxygen atoms in total. The topological polar surface area (TPSA) is 67.6 Å². The minimum Gasteiger partial charge on any atom is -0.490 e. The molecule has 2 aromatic rings. The van der Waals surface area contributed by atoms with E-state index in [9.17, 15) is 13.6 Å². The number of carbonyl (C=O) groups excluding carboxylic acids is 1. The van der Waals surface area contributed by atoms with E-state index in [4.69, 9.17) is 10.5 Å². The number of carbonyl (C=O) groups is 1. The lowest BCUT2D eigenvalue weighted by atomic mass is 10.1. The number of primary amides is 1. The predicted molar refractivity (Wildman–Crippen MR) is 118 cm³/mol. The van der Waals surface area contributed by atoms with E-state index in [2.05, 4.69) is 43.8 Å². The van der Waals surface area contributed by atoms with Crippen LogP contribution in [0.2, 0.25) is 0 Å². The number of halogens is 4. The quantitative estimate of drug-likeness (QED) is 0.372. The van der Waals surface area contributed by atoms with Crippen LogP contribution < -0.4 is 15.8 Å². The third-order valence-electron chi connectivity index (χ3n) is 4.33. The van der Waals surface area contributed by atoms with Gasteiger partial charge in [0.1, 0.15) is 12.2 Å². The number of amides is 1. The smallest absolute Gasteiger partial charge is 0.254 e. The normalized spacial score (nSPS) is 12.2. The average molecular weight is 568 g/mol. The maximum atomic E-state index is 14.7. The lowest BCUT2D eigenvalue weighted by Gasteiger charge is -2.23. The number of benzene rings is 2. The fourth-order valence-electron chi connectivity index (χ4n) is 2.38. The molecule has 152 valence electrons. The van der Waals surface area contributed by atoms with Gasteiger partial charge in [-0.15, -0.1) is 0 Å². The van der Waals surface area contributed by atoms with E-state index >= 15 is 0 Å². The summed E-state index contributed by atoms with van der Waals surface area (Å²) in [6.07, 6.45) is 0. The van der Waals surface area contributed by atoms with Crippen molar-refractivity contribution in [3.63, 3.8) is 0 Å². The summed E-state index contributed by atoms with van der Waals surface area (Å²) in [4.78, 5) is 14.0. The molecule has 0 radical (unpaired) electrons. The highest BCUT2D eigenvalue weighted by Crippen LogP contribution is 2.41. The van der Waals surface area contributed by atoms with Crippen molar-refractivity contribution in [1.29, 1.82) is 0 Å². The first kappa shape index (κ1) is 22.8. The van der Waals surface area contributed by atoms with Gasteiger partial charge in [0.25, 0.3) is 5.91 Å². The Hall–Kier alpha value is -1.46. The maximum absolute atomic E-state index is 14.7. The van der Waals surface area contributed by atoms with E-state index in [1.807, 2.05) is 45.0 Å². The summed E-state index contributed by atoms with van der Waals surface area (Å²) in [5, 5.41) is 2.81. The highest BCUT2D eigenvalue weighted by atomic mass is 127. The van der Waals surface area contributed by atoms with Crippen molar-refractivity contribution in [2.24, 2.45) is 5.73 Å². The number of hydrogen-bond donors (Lipinski definition) is 2. The number of nitrogens with one attached hydrogen (secondary N) is 1. The molecule has 1 unspecified atom stereocenters. The fraction of sp³-hybridized carbons (Fsp3) is 0.316. The molecule has 0 fully saturated rings. The molecule has 0 bridgehead atoms. The zero-order valence-electron chi connectivity index (χ0n) is 15.9. The van der Waals surface area contributed by atoms with Crippen LogP contribution in [0, 0.1) is 22.1 Å². The van der Waals surface area contributed by atoms with E-state index < -0.39 is 17.5 Å². The molecule has 28 heavy (non-hydrogen) atoms. The summed E-state index contributed by atoms with van der Waals surface area (Å²) in [5.74, 6) is -3.45. The van der Waals surface area contributed by atoms with E-state index in [0.717, 1.165) is 9.13 Å². The molecule has 0 aliphatic heterocycles. The zero-order valence-corrected chi connectivity index (χ0v) is 19.6. The molecular formula is C19H21BrF2IN3O2. The molecule has 0 spiro atoms. The first-order chi connectivity index (χ1) is 13.0. The van der Waals surface area contributed by atoms with Gasteiger partial charge in [0, 0.05) is 15.3 Å². The monoisotopic (exact) mass is 567 g/mol. The van der Waals surface area contributed by atoms with Crippen LogP contribution in [0.4, 0.5) is 20.2 Å². The number of nitrogens with two attached hydrogens (primary N) is 1. The predicted octanol–water partition coefficient (Wildman–Crippen LogP) is 4.81. The van der Waals surface area contributed by atoms with Crippen molar-refractivity contribution in [3.8, 4) is 5.75 Å². The molecule has 2 aromatic carbocycles. The molecule has 0 saturated heterocycles. The highest BCUT2D eigenvalue weighted by molar-refractivity contribution is 14.1. The Labute approximate surface area is 184 Å². The number of nitrogens with zero attached hydrogens (tertiary/aromatic N) is 1. The Morgan fingerprint density at radius 2 is 2.00 bits per heavy atom. The van der Waals surface area contributed by atoms with Crippen molar-refractivity contribution in [3.05, 3.63) is 49.0 Å². The first-order valence-corrected chi connectivity index (χ1v) is 10.2. The van der Waals surface area contributed by atoms with Gasteiger partial charge in [-0.2, -0.15) is 0 Å². The minimum atomic E-state index is -1.22. The van der Waals surface area contributed by atoms with Gasteiger partial charge >= 0.3 is 0 Å². The largest absolute Gasteiger partial charge is 0.490 e. The van der Waals surface area contributed by atoms with E-state index in [1.165, 1.54) is 0 Å². The van der Waals surface area contributed by atoms with Gasteiger partial charge in [0.15, 0.2) is 17.4 Å². The van der Waals surface area contributed by atoms with Crippen LogP contribution in [0.25, 0.3) is 0 Å². The zero-order chi connectivity index (χ0) is 21.2. The van der Waals surface area contributed by atoms with Crippen LogP contribution in [0.3, 0.4) is 0 Å². The molecule has 9 heteroatoms. The molecule has 3 N–H and O–H groups in total. The van der Waals surface area contributed by atoms with Gasteiger partial charge in [-0.05, 0) is 90.2 Å². The van der Waals surface area contributed by atoms with Crippen LogP contribution in [0.15, 0.2) is 22.7 Å². The van der Waals surface area contributed by atoms with Gasteiger partial charge < -0.3 is 20.7 Å². The first-order valence-electron chi connectivity index (χ1n) is 8.37. The van der Waals surface area contributed by atoms with E-state index in [0.29, 0.717) is 5.69 Å². The van der Waals surface area contributed by atoms with Crippen LogP contribution in [-0.4, -0.2) is 37.6 Å². The molecule has 1 atom stereocenters. The number of aryl methyl sites for hydroxylation is 1. The number of ether oxygens (including phenoxy) is 1. The number of rotatable bonds is 7. The summed E-state index contributed by atoms with van der Waals surface area (Å²) in [7, 11) is 3.71. The van der Waals surface area contributed by atoms with Crippen molar-refractivity contribution in [2.75, 3.05) is 26.0 Å². The van der Waals surface area contributed by atoms with Crippen LogP contribution in [-0.2, 0) is 0 Å². The van der Waals surface area contributed by atoms with E-state index in [-0.39, 0.29) is 34.1 Å². The average Bonchev–Trinajstić information content (AvgIpc) is 2.62. The molecule has 2 rings (SSSR count). The maximum Gasteiger partial charge on any atom is 0.254 e. The molecule has 0 aliphatic carbocycles. The molecular weight excluding hydrogens is 547 g/mol. The third-order valence-corrected chi connectivity index (χ3v) is 5.71. The van der Waals surface area contributed by atoms with Crippen molar-refractivity contribution >= 4 is 55.8 Å². The second kappa shape index (κ2) is 9.36. The van der Waals surface area contributed by atoms with Gasteiger partial charge in [0.05, 0.1) is 10.2 Å². The van der Waals surface area contributed by atoms with E-state index in [1.54, 1.807) is 6.07 Å². The fourth-order valence-corrected chi connectivity index (χ4v) is 3.52. The Kier molecular flexibility index (Phi) is 7.63. The Morgan fingerprint density at radius 3 is 2.54 bits per heavy atom. The summed E-state index contributed by atoms with van der Waals surface area (Å²) < 4.78 is 35.7. The number of anilines is 2. The molecule has 1 amide bonds. The standard InChI is InChI=1S/C19H21BrF2IN3O2/c1-9-7-11(23)5-6-12(9)25-17-13(19(24)27)18(14(20)15(21)16(17)22)28-8-10(2)26(3)4/h5-7,10,25H,8H2,1-4H3,(H2,24,27). The van der Waals surface area contributed by atoms with Crippen LogP contribution in [0.5, 0.6) is 5.75 Å². The number of likely N-dealkylation sites (N-methyl/N-ethyl adjacent to an activating group) is 1. The Balaban J connectivity index is 2.59. The summed E-state index contributed by atoms with van der Waals surface area (Å²) in [6.45, 7) is 3.86. The Bertz CT molecular complexity index is 909. The summed E-state index contributed by atoms with van der Waals surface area (Å²) in [6, 6.07) is 5.37. The number of hydrogen-bond acceptors (Lipinski definition) is 4. The van der Waals surface area contributed by atoms with Gasteiger partial charge in [-0.1, -0.05) is 0 Å². The van der Waals surface area contributed by atoms with Crippen molar-refractivity contribution in [1.82, 2.24) is 4.90 Å².